The number of amides is 1. The second-order valence-electron chi connectivity index (χ2n) is 6.82. The number of oxazole rings is 1. The van der Waals surface area contributed by atoms with Crippen LogP contribution in [0.5, 0.6) is 0 Å². The predicted octanol–water partition coefficient (Wildman–Crippen LogP) is 7.21. The lowest BCUT2D eigenvalue weighted by Gasteiger charge is -2.09. The van der Waals surface area contributed by atoms with Gasteiger partial charge in [-0.15, -0.1) is 0 Å². The Kier molecular flexibility index (Phi) is 4.66. The van der Waals surface area contributed by atoms with Crippen LogP contribution in [-0.4, -0.2) is 10.9 Å². The van der Waals surface area contributed by atoms with Gasteiger partial charge in [-0.25, -0.2) is 4.98 Å². The molecule has 146 valence electrons. The van der Waals surface area contributed by atoms with Crippen LogP contribution in [0.3, 0.4) is 0 Å². The molecule has 0 aliphatic rings. The number of rotatable bonds is 3. The number of anilines is 1. The van der Waals surface area contributed by atoms with E-state index in [2.05, 4.69) is 10.3 Å². The molecule has 0 aliphatic heterocycles. The zero-order chi connectivity index (χ0) is 20.7. The third kappa shape index (κ3) is 3.41. The highest BCUT2D eigenvalue weighted by molar-refractivity contribution is 6.38. The summed E-state index contributed by atoms with van der Waals surface area (Å²) in [6.45, 7) is 0. The van der Waals surface area contributed by atoms with E-state index in [1.165, 1.54) is 0 Å². The summed E-state index contributed by atoms with van der Waals surface area (Å²) in [5.41, 5.74) is 3.02. The highest BCUT2D eigenvalue weighted by Gasteiger charge is 2.14. The summed E-state index contributed by atoms with van der Waals surface area (Å²) in [5, 5.41) is 5.76. The first-order valence-corrected chi connectivity index (χ1v) is 9.99. The topological polar surface area (TPSA) is 55.1 Å². The van der Waals surface area contributed by atoms with Gasteiger partial charge in [-0.2, -0.15) is 0 Å². The van der Waals surface area contributed by atoms with Gasteiger partial charge in [0.1, 0.15) is 5.52 Å². The van der Waals surface area contributed by atoms with E-state index >= 15 is 0 Å². The summed E-state index contributed by atoms with van der Waals surface area (Å²) in [5.74, 6) is 0.215. The Morgan fingerprint density at radius 3 is 2.60 bits per heavy atom. The average molecular weight is 433 g/mol. The van der Waals surface area contributed by atoms with Gasteiger partial charge in [0.05, 0.1) is 5.02 Å². The van der Waals surface area contributed by atoms with Crippen LogP contribution in [0.25, 0.3) is 33.3 Å². The molecule has 0 aliphatic carbocycles. The largest absolute Gasteiger partial charge is 0.435 e. The smallest absolute Gasteiger partial charge is 0.256 e. The lowest BCUT2D eigenvalue weighted by molar-refractivity contribution is 0.102. The van der Waals surface area contributed by atoms with Crippen LogP contribution in [-0.2, 0) is 0 Å². The van der Waals surface area contributed by atoms with Crippen LogP contribution in [0.2, 0.25) is 10.0 Å². The number of hydrogen-bond acceptors (Lipinski definition) is 3. The zero-order valence-electron chi connectivity index (χ0n) is 15.5. The molecule has 1 N–H and O–H groups in total. The molecule has 0 spiro atoms. The van der Waals surface area contributed by atoms with Crippen molar-refractivity contribution in [1.29, 1.82) is 0 Å². The fourth-order valence-electron chi connectivity index (χ4n) is 3.44. The number of carbonyl (C=O) groups excluding carboxylic acids is 1. The van der Waals surface area contributed by atoms with E-state index in [1.54, 1.807) is 12.1 Å². The lowest BCUT2D eigenvalue weighted by atomic mass is 10.0. The average Bonchev–Trinajstić information content (AvgIpc) is 3.18. The Labute approximate surface area is 182 Å². The molecule has 0 atom stereocenters. The minimum atomic E-state index is -0.184. The minimum Gasteiger partial charge on any atom is -0.435 e. The molecule has 5 aromatic rings. The van der Waals surface area contributed by atoms with E-state index in [-0.39, 0.29) is 5.91 Å². The summed E-state index contributed by atoms with van der Waals surface area (Å²) >= 11 is 12.3. The summed E-state index contributed by atoms with van der Waals surface area (Å²) in [7, 11) is 0. The Hall–Kier alpha value is -3.34. The quantitative estimate of drug-likeness (QED) is 0.327. The molecule has 0 fully saturated rings. The molecular weight excluding hydrogens is 419 g/mol. The fraction of sp³-hybridized carbons (Fsp3) is 0. The van der Waals surface area contributed by atoms with Crippen molar-refractivity contribution < 1.29 is 9.21 Å². The second kappa shape index (κ2) is 7.48. The number of fused-ring (bicyclic) bond motifs is 2. The third-order valence-corrected chi connectivity index (χ3v) is 5.31. The highest BCUT2D eigenvalue weighted by atomic mass is 35.5. The molecule has 1 aromatic heterocycles. The number of benzene rings is 4. The van der Waals surface area contributed by atoms with Gasteiger partial charge >= 0.3 is 0 Å². The minimum absolute atomic E-state index is 0.184. The maximum absolute atomic E-state index is 12.9. The van der Waals surface area contributed by atoms with Crippen LogP contribution in [0.4, 0.5) is 5.69 Å². The third-order valence-electron chi connectivity index (χ3n) is 4.81. The Bertz CT molecular complexity index is 1420. The molecule has 0 radical (unpaired) electrons. The molecule has 0 saturated carbocycles. The second-order valence-corrected chi connectivity index (χ2v) is 7.66. The molecule has 1 heterocycles. The van der Waals surface area contributed by atoms with Crippen molar-refractivity contribution in [3.63, 3.8) is 0 Å². The van der Waals surface area contributed by atoms with E-state index in [1.807, 2.05) is 66.7 Å². The molecule has 0 unspecified atom stereocenters. The molecule has 5 rings (SSSR count). The van der Waals surface area contributed by atoms with Crippen LogP contribution in [0.1, 0.15) is 10.4 Å². The van der Waals surface area contributed by atoms with Crippen molar-refractivity contribution in [2.24, 2.45) is 0 Å². The normalized spacial score (nSPS) is 11.1. The Morgan fingerprint density at radius 1 is 0.900 bits per heavy atom. The van der Waals surface area contributed by atoms with Gasteiger partial charge < -0.3 is 9.73 Å². The van der Waals surface area contributed by atoms with Crippen molar-refractivity contribution in [1.82, 2.24) is 4.98 Å². The van der Waals surface area contributed by atoms with E-state index in [0.29, 0.717) is 43.9 Å². The standard InChI is InChI=1S/C24H14Cl2N2O2/c25-16-12-20(26)22-21(13-16)28-24(30-22)15-7-3-8-17(11-15)27-23(29)19-10-4-6-14-5-1-2-9-18(14)19/h1-13H,(H,27,29). The van der Waals surface area contributed by atoms with Crippen molar-refractivity contribution in [3.05, 3.63) is 94.5 Å². The van der Waals surface area contributed by atoms with Gasteiger partial charge in [0.15, 0.2) is 5.58 Å². The number of aromatic nitrogens is 1. The Balaban J connectivity index is 1.48. The fourth-order valence-corrected chi connectivity index (χ4v) is 3.96. The molecule has 1 amide bonds. The van der Waals surface area contributed by atoms with Gasteiger partial charge in [-0.05, 0) is 47.2 Å². The van der Waals surface area contributed by atoms with Gasteiger partial charge in [0.2, 0.25) is 5.89 Å². The molecule has 0 saturated heterocycles. The summed E-state index contributed by atoms with van der Waals surface area (Å²) in [6, 6.07) is 24.1. The zero-order valence-corrected chi connectivity index (χ0v) is 17.0. The van der Waals surface area contributed by atoms with E-state index < -0.39 is 0 Å². The van der Waals surface area contributed by atoms with Gasteiger partial charge in [-0.1, -0.05) is 65.7 Å². The number of halogens is 2. The first-order valence-electron chi connectivity index (χ1n) is 9.23. The van der Waals surface area contributed by atoms with Crippen LogP contribution < -0.4 is 5.32 Å². The lowest BCUT2D eigenvalue weighted by Crippen LogP contribution is -2.12. The maximum atomic E-state index is 12.9. The Morgan fingerprint density at radius 2 is 1.70 bits per heavy atom. The molecular formula is C24H14Cl2N2O2. The number of nitrogens with one attached hydrogen (secondary N) is 1. The van der Waals surface area contributed by atoms with Crippen LogP contribution in [0.15, 0.2) is 83.3 Å². The first kappa shape index (κ1) is 18.7. The van der Waals surface area contributed by atoms with Gasteiger partial charge in [0.25, 0.3) is 5.91 Å². The van der Waals surface area contributed by atoms with Crippen molar-refractivity contribution in [2.75, 3.05) is 5.32 Å². The molecule has 6 heteroatoms. The molecule has 30 heavy (non-hydrogen) atoms. The van der Waals surface area contributed by atoms with Crippen LogP contribution in [0, 0.1) is 0 Å². The molecule has 4 nitrogen and oxygen atoms in total. The number of carbonyl (C=O) groups is 1. The monoisotopic (exact) mass is 432 g/mol. The van der Waals surface area contributed by atoms with Crippen LogP contribution >= 0.6 is 23.2 Å². The molecule has 4 aromatic carbocycles. The summed E-state index contributed by atoms with van der Waals surface area (Å²) in [4.78, 5) is 17.4. The summed E-state index contributed by atoms with van der Waals surface area (Å²) in [6.07, 6.45) is 0. The molecule has 0 bridgehead atoms. The van der Waals surface area contributed by atoms with Crippen molar-refractivity contribution >= 4 is 56.7 Å². The van der Waals surface area contributed by atoms with Crippen molar-refractivity contribution in [2.45, 2.75) is 0 Å². The maximum Gasteiger partial charge on any atom is 0.256 e. The SMILES string of the molecule is O=C(Nc1cccc(-c2nc3cc(Cl)cc(Cl)c3o2)c1)c1cccc2ccccc12. The van der Waals surface area contributed by atoms with E-state index in [4.69, 9.17) is 27.6 Å². The van der Waals surface area contributed by atoms with Gasteiger partial charge in [-0.3, -0.25) is 4.79 Å². The van der Waals surface area contributed by atoms with Gasteiger partial charge in [0, 0.05) is 21.8 Å². The predicted molar refractivity (Wildman–Crippen MR) is 121 cm³/mol. The highest BCUT2D eigenvalue weighted by Crippen LogP contribution is 2.32. The van der Waals surface area contributed by atoms with E-state index in [9.17, 15) is 4.79 Å². The van der Waals surface area contributed by atoms with Crippen molar-refractivity contribution in [3.8, 4) is 11.5 Å². The summed E-state index contributed by atoms with van der Waals surface area (Å²) < 4.78 is 5.83. The first-order chi connectivity index (χ1) is 14.6. The number of hydrogen-bond donors (Lipinski definition) is 1. The number of nitrogens with zero attached hydrogens (tertiary/aromatic N) is 1. The van der Waals surface area contributed by atoms with E-state index in [0.717, 1.165) is 10.8 Å².